The van der Waals surface area contributed by atoms with Gasteiger partial charge in [0.15, 0.2) is 0 Å². The summed E-state index contributed by atoms with van der Waals surface area (Å²) in [5, 5.41) is 9.14. The van der Waals surface area contributed by atoms with Gasteiger partial charge in [0, 0.05) is 38.2 Å². The lowest BCUT2D eigenvalue weighted by molar-refractivity contribution is 0.0698. The molecule has 0 fully saturated rings. The minimum atomic E-state index is -1.03. The Labute approximate surface area is 119 Å². The summed E-state index contributed by atoms with van der Waals surface area (Å²) >= 11 is 0. The first-order valence-corrected chi connectivity index (χ1v) is 6.38. The van der Waals surface area contributed by atoms with Gasteiger partial charge < -0.3 is 25.2 Å². The summed E-state index contributed by atoms with van der Waals surface area (Å²) < 4.78 is 10.3. The number of anilines is 2. The molecule has 6 heteroatoms. The summed E-state index contributed by atoms with van der Waals surface area (Å²) in [5.41, 5.74) is 6.83. The minimum absolute atomic E-state index is 0.0976. The number of ether oxygens (including phenoxy) is 2. The van der Waals surface area contributed by atoms with E-state index in [0.717, 1.165) is 5.69 Å². The first-order valence-electron chi connectivity index (χ1n) is 6.38. The van der Waals surface area contributed by atoms with Crippen molar-refractivity contribution in [3.8, 4) is 0 Å². The molecule has 0 saturated carbocycles. The van der Waals surface area contributed by atoms with Crippen LogP contribution in [0.1, 0.15) is 17.3 Å². The molecular formula is C14H22N2O4. The molecule has 0 heterocycles. The fraction of sp³-hybridized carbons (Fsp3) is 0.500. The van der Waals surface area contributed by atoms with E-state index in [1.54, 1.807) is 26.4 Å². The summed E-state index contributed by atoms with van der Waals surface area (Å²) in [6.07, 6.45) is 0. The van der Waals surface area contributed by atoms with Crippen molar-refractivity contribution < 1.29 is 19.4 Å². The second-order valence-corrected chi connectivity index (χ2v) is 4.57. The van der Waals surface area contributed by atoms with Gasteiger partial charge in [0.2, 0.25) is 0 Å². The third-order valence-corrected chi connectivity index (χ3v) is 3.08. The maximum Gasteiger partial charge on any atom is 0.337 e. The van der Waals surface area contributed by atoms with E-state index in [0.29, 0.717) is 19.8 Å². The van der Waals surface area contributed by atoms with Gasteiger partial charge in [-0.2, -0.15) is 0 Å². The SMILES string of the molecule is COCCN(c1ccc(N)c(C(=O)O)c1)C(C)COC. The van der Waals surface area contributed by atoms with Gasteiger partial charge in [0.1, 0.15) is 0 Å². The van der Waals surface area contributed by atoms with Crippen LogP contribution in [0, 0.1) is 0 Å². The Kier molecular flexibility index (Phi) is 6.27. The lowest BCUT2D eigenvalue weighted by atomic mass is 10.1. The maximum atomic E-state index is 11.2. The van der Waals surface area contributed by atoms with Gasteiger partial charge in [-0.25, -0.2) is 4.79 Å². The van der Waals surface area contributed by atoms with Gasteiger partial charge in [0.25, 0.3) is 0 Å². The fourth-order valence-electron chi connectivity index (χ4n) is 2.03. The van der Waals surface area contributed by atoms with Crippen LogP contribution in [0.5, 0.6) is 0 Å². The van der Waals surface area contributed by atoms with Crippen molar-refractivity contribution >= 4 is 17.3 Å². The topological polar surface area (TPSA) is 85.0 Å². The van der Waals surface area contributed by atoms with Crippen molar-refractivity contribution in [3.05, 3.63) is 23.8 Å². The molecule has 0 spiro atoms. The van der Waals surface area contributed by atoms with Crippen molar-refractivity contribution in [1.82, 2.24) is 0 Å². The van der Waals surface area contributed by atoms with E-state index in [2.05, 4.69) is 0 Å². The van der Waals surface area contributed by atoms with Crippen LogP contribution >= 0.6 is 0 Å². The predicted octanol–water partition coefficient (Wildman–Crippen LogP) is 1.45. The third kappa shape index (κ3) is 4.11. The molecule has 1 aromatic carbocycles. The van der Waals surface area contributed by atoms with Gasteiger partial charge in [-0.15, -0.1) is 0 Å². The number of hydrogen-bond donors (Lipinski definition) is 2. The molecule has 1 atom stereocenters. The first kappa shape index (κ1) is 16.3. The molecule has 0 aliphatic rings. The predicted molar refractivity (Wildman–Crippen MR) is 78.4 cm³/mol. The number of nitrogens with zero attached hydrogens (tertiary/aromatic N) is 1. The average molecular weight is 282 g/mol. The van der Waals surface area contributed by atoms with E-state index in [9.17, 15) is 4.79 Å². The van der Waals surface area contributed by atoms with E-state index >= 15 is 0 Å². The molecule has 0 radical (unpaired) electrons. The maximum absolute atomic E-state index is 11.2. The number of rotatable bonds is 8. The number of methoxy groups -OCH3 is 2. The second-order valence-electron chi connectivity index (χ2n) is 4.57. The first-order chi connectivity index (χ1) is 9.51. The highest BCUT2D eigenvalue weighted by Gasteiger charge is 2.17. The summed E-state index contributed by atoms with van der Waals surface area (Å²) in [7, 11) is 3.27. The van der Waals surface area contributed by atoms with E-state index in [4.69, 9.17) is 20.3 Å². The third-order valence-electron chi connectivity index (χ3n) is 3.08. The molecule has 3 N–H and O–H groups in total. The van der Waals surface area contributed by atoms with Gasteiger partial charge in [-0.05, 0) is 25.1 Å². The Morgan fingerprint density at radius 3 is 2.65 bits per heavy atom. The van der Waals surface area contributed by atoms with E-state index in [1.165, 1.54) is 0 Å². The van der Waals surface area contributed by atoms with Gasteiger partial charge >= 0.3 is 5.97 Å². The molecular weight excluding hydrogens is 260 g/mol. The molecule has 0 bridgehead atoms. The molecule has 1 unspecified atom stereocenters. The van der Waals surface area contributed by atoms with Gasteiger partial charge in [-0.3, -0.25) is 0 Å². The molecule has 0 aliphatic carbocycles. The zero-order valence-electron chi connectivity index (χ0n) is 12.1. The molecule has 1 aromatic rings. The van der Waals surface area contributed by atoms with Crippen molar-refractivity contribution in [3.63, 3.8) is 0 Å². The molecule has 6 nitrogen and oxygen atoms in total. The van der Waals surface area contributed by atoms with Crippen molar-refractivity contribution in [2.45, 2.75) is 13.0 Å². The number of carboxylic acid groups (broad SMARTS) is 1. The van der Waals surface area contributed by atoms with Crippen LogP contribution in [0.4, 0.5) is 11.4 Å². The molecule has 0 saturated heterocycles. The average Bonchev–Trinajstić information content (AvgIpc) is 2.40. The Bertz CT molecular complexity index is 451. The Morgan fingerprint density at radius 2 is 2.10 bits per heavy atom. The molecule has 20 heavy (non-hydrogen) atoms. The van der Waals surface area contributed by atoms with Crippen LogP contribution in [-0.2, 0) is 9.47 Å². The van der Waals surface area contributed by atoms with Crippen molar-refractivity contribution in [1.29, 1.82) is 0 Å². The van der Waals surface area contributed by atoms with Crippen LogP contribution in [0.15, 0.2) is 18.2 Å². The van der Waals surface area contributed by atoms with Crippen LogP contribution in [0.2, 0.25) is 0 Å². The molecule has 0 aliphatic heterocycles. The summed E-state index contributed by atoms with van der Waals surface area (Å²) in [5.74, 6) is -1.03. The molecule has 1 rings (SSSR count). The number of benzene rings is 1. The van der Waals surface area contributed by atoms with Gasteiger partial charge in [-0.1, -0.05) is 0 Å². The van der Waals surface area contributed by atoms with Crippen LogP contribution < -0.4 is 10.6 Å². The number of nitrogen functional groups attached to an aromatic ring is 1. The Balaban J connectivity index is 3.06. The number of carboxylic acids is 1. The molecule has 0 amide bonds. The Morgan fingerprint density at radius 1 is 1.40 bits per heavy atom. The number of nitrogens with two attached hydrogens (primary N) is 1. The van der Waals surface area contributed by atoms with E-state index in [-0.39, 0.29) is 17.3 Å². The lowest BCUT2D eigenvalue weighted by Gasteiger charge is -2.31. The minimum Gasteiger partial charge on any atom is -0.478 e. The fourth-order valence-corrected chi connectivity index (χ4v) is 2.03. The number of hydrogen-bond acceptors (Lipinski definition) is 5. The Hall–Kier alpha value is -1.79. The molecule has 0 aromatic heterocycles. The normalized spacial score (nSPS) is 12.2. The zero-order chi connectivity index (χ0) is 15.1. The van der Waals surface area contributed by atoms with Crippen LogP contribution in [-0.4, -0.2) is 51.1 Å². The summed E-state index contributed by atoms with van der Waals surface area (Å²) in [6.45, 7) is 3.73. The van der Waals surface area contributed by atoms with Crippen LogP contribution in [0.25, 0.3) is 0 Å². The number of carbonyl (C=O) groups is 1. The summed E-state index contributed by atoms with van der Waals surface area (Å²) in [4.78, 5) is 13.2. The smallest absolute Gasteiger partial charge is 0.337 e. The van der Waals surface area contributed by atoms with Crippen molar-refractivity contribution in [2.24, 2.45) is 0 Å². The van der Waals surface area contributed by atoms with Crippen molar-refractivity contribution in [2.75, 3.05) is 44.6 Å². The molecule has 112 valence electrons. The van der Waals surface area contributed by atoms with Crippen LogP contribution in [0.3, 0.4) is 0 Å². The summed E-state index contributed by atoms with van der Waals surface area (Å²) in [6, 6.07) is 5.10. The second kappa shape index (κ2) is 7.72. The van der Waals surface area contributed by atoms with E-state index in [1.807, 2.05) is 17.9 Å². The van der Waals surface area contributed by atoms with E-state index < -0.39 is 5.97 Å². The zero-order valence-corrected chi connectivity index (χ0v) is 12.1. The standard InChI is InChI=1S/C14H22N2O4/c1-10(9-20-3)16(6-7-19-2)11-4-5-13(15)12(8-11)14(17)18/h4-5,8,10H,6-7,9,15H2,1-3H3,(H,17,18). The monoisotopic (exact) mass is 282 g/mol. The largest absolute Gasteiger partial charge is 0.478 e. The highest BCUT2D eigenvalue weighted by atomic mass is 16.5. The van der Waals surface area contributed by atoms with Gasteiger partial charge in [0.05, 0.1) is 18.8 Å². The lowest BCUT2D eigenvalue weighted by Crippen LogP contribution is -2.38. The highest BCUT2D eigenvalue weighted by Crippen LogP contribution is 2.23. The quantitative estimate of drug-likeness (QED) is 0.702. The number of aromatic carboxylic acids is 1. The highest BCUT2D eigenvalue weighted by molar-refractivity contribution is 5.94.